The predicted octanol–water partition coefficient (Wildman–Crippen LogP) is 10.6. The first-order valence-electron chi connectivity index (χ1n) is 14.9. The highest BCUT2D eigenvalue weighted by atomic mass is 14.9. The molecule has 0 saturated carbocycles. The predicted molar refractivity (Wildman–Crippen MR) is 144 cm³/mol. The molecule has 1 N–H and O–H groups in total. The minimum absolute atomic E-state index is 0.694. The minimum Gasteiger partial charge on any atom is -0.311 e. The van der Waals surface area contributed by atoms with Gasteiger partial charge in [0, 0.05) is 12.1 Å². The van der Waals surface area contributed by atoms with E-state index < -0.39 is 0 Å². The Bertz CT molecular complexity index is 300. The lowest BCUT2D eigenvalue weighted by Crippen LogP contribution is -2.41. The molecule has 1 heteroatoms. The summed E-state index contributed by atoms with van der Waals surface area (Å²) in [6, 6.07) is 1.45. The third-order valence-corrected chi connectivity index (χ3v) is 7.37. The second-order valence-electron chi connectivity index (χ2n) is 10.5. The van der Waals surface area contributed by atoms with Gasteiger partial charge < -0.3 is 5.32 Å². The number of rotatable bonds is 25. The van der Waals surface area contributed by atoms with Gasteiger partial charge in [-0.3, -0.25) is 0 Å². The molecule has 0 aromatic heterocycles. The average Bonchev–Trinajstić information content (AvgIpc) is 2.77. The topological polar surface area (TPSA) is 12.0 Å². The molecule has 0 radical (unpaired) electrons. The molecule has 0 spiro atoms. The Morgan fingerprint density at radius 2 is 0.742 bits per heavy atom. The largest absolute Gasteiger partial charge is 0.311 e. The van der Waals surface area contributed by atoms with Gasteiger partial charge in [0.25, 0.3) is 0 Å². The fourth-order valence-corrected chi connectivity index (χ4v) is 5.12. The van der Waals surface area contributed by atoms with Gasteiger partial charge in [-0.1, -0.05) is 143 Å². The summed E-state index contributed by atoms with van der Waals surface area (Å²) in [5.41, 5.74) is 0. The van der Waals surface area contributed by atoms with E-state index in [1.807, 2.05) is 0 Å². The second-order valence-corrected chi connectivity index (χ2v) is 10.5. The van der Waals surface area contributed by atoms with Crippen LogP contribution < -0.4 is 5.32 Å². The van der Waals surface area contributed by atoms with Crippen LogP contribution >= 0.6 is 0 Å². The van der Waals surface area contributed by atoms with Crippen molar-refractivity contribution in [3.8, 4) is 0 Å². The Hall–Kier alpha value is -0.0400. The summed E-state index contributed by atoms with van der Waals surface area (Å²) in [5.74, 6) is 0.886. The lowest BCUT2D eigenvalue weighted by atomic mass is 9.88. The van der Waals surface area contributed by atoms with Crippen LogP contribution in [0.15, 0.2) is 0 Å². The molecule has 0 aliphatic rings. The van der Waals surface area contributed by atoms with Crippen molar-refractivity contribution < 1.29 is 0 Å². The lowest BCUT2D eigenvalue weighted by molar-refractivity contribution is 0.273. The van der Waals surface area contributed by atoms with Crippen molar-refractivity contribution >= 4 is 0 Å². The first kappa shape index (κ1) is 31.0. The third kappa shape index (κ3) is 20.3. The SMILES string of the molecule is CCCCCCCC(CCCCCCC)N[C@H](C)C(CCCCCC)CCCCCC. The van der Waals surface area contributed by atoms with E-state index in [9.17, 15) is 0 Å². The summed E-state index contributed by atoms with van der Waals surface area (Å²) in [5, 5.41) is 4.18. The maximum absolute atomic E-state index is 4.18. The van der Waals surface area contributed by atoms with Crippen LogP contribution in [0.5, 0.6) is 0 Å². The highest BCUT2D eigenvalue weighted by Crippen LogP contribution is 2.23. The maximum atomic E-state index is 4.18. The molecule has 0 rings (SSSR count). The Morgan fingerprint density at radius 1 is 0.419 bits per heavy atom. The zero-order valence-electron chi connectivity index (χ0n) is 22.8. The van der Waals surface area contributed by atoms with E-state index >= 15 is 0 Å². The zero-order chi connectivity index (χ0) is 23.0. The summed E-state index contributed by atoms with van der Waals surface area (Å²) in [4.78, 5) is 0. The molecule has 1 nitrogen and oxygen atoms in total. The number of hydrogen-bond donors (Lipinski definition) is 1. The molecular formula is C30H63N. The Morgan fingerprint density at radius 3 is 1.13 bits per heavy atom. The summed E-state index contributed by atoms with van der Waals surface area (Å²) in [6.45, 7) is 11.8. The van der Waals surface area contributed by atoms with E-state index in [0.29, 0.717) is 6.04 Å². The number of hydrogen-bond acceptors (Lipinski definition) is 1. The quantitative estimate of drug-likeness (QED) is 0.140. The Labute approximate surface area is 199 Å². The molecule has 0 aromatic rings. The molecular weight excluding hydrogens is 374 g/mol. The van der Waals surface area contributed by atoms with E-state index in [1.54, 1.807) is 0 Å². The molecule has 0 aliphatic heterocycles. The van der Waals surface area contributed by atoms with Gasteiger partial charge in [0.05, 0.1) is 0 Å². The van der Waals surface area contributed by atoms with Crippen molar-refractivity contribution in [1.29, 1.82) is 0 Å². The second kappa shape index (κ2) is 24.6. The summed E-state index contributed by atoms with van der Waals surface area (Å²) in [6.07, 6.45) is 31.2. The molecule has 0 saturated heterocycles. The van der Waals surface area contributed by atoms with Gasteiger partial charge in [-0.25, -0.2) is 0 Å². The molecule has 0 amide bonds. The number of nitrogens with one attached hydrogen (secondary N) is 1. The molecule has 0 unspecified atom stereocenters. The van der Waals surface area contributed by atoms with Crippen molar-refractivity contribution in [2.75, 3.05) is 0 Å². The molecule has 31 heavy (non-hydrogen) atoms. The van der Waals surface area contributed by atoms with Crippen molar-refractivity contribution in [3.63, 3.8) is 0 Å². The highest BCUT2D eigenvalue weighted by molar-refractivity contribution is 4.78. The van der Waals surface area contributed by atoms with Gasteiger partial charge in [0.1, 0.15) is 0 Å². The van der Waals surface area contributed by atoms with E-state index in [1.165, 1.54) is 141 Å². The van der Waals surface area contributed by atoms with Crippen LogP contribution in [0.3, 0.4) is 0 Å². The first-order chi connectivity index (χ1) is 15.2. The molecule has 0 aromatic carbocycles. The van der Waals surface area contributed by atoms with Crippen LogP contribution in [0, 0.1) is 5.92 Å². The fourth-order valence-electron chi connectivity index (χ4n) is 5.12. The van der Waals surface area contributed by atoms with Gasteiger partial charge in [-0.15, -0.1) is 0 Å². The minimum atomic E-state index is 0.694. The summed E-state index contributed by atoms with van der Waals surface area (Å²) >= 11 is 0. The van der Waals surface area contributed by atoms with Crippen molar-refractivity contribution in [1.82, 2.24) is 5.32 Å². The van der Waals surface area contributed by atoms with Gasteiger partial charge in [0.2, 0.25) is 0 Å². The summed E-state index contributed by atoms with van der Waals surface area (Å²) in [7, 11) is 0. The molecule has 0 aliphatic carbocycles. The van der Waals surface area contributed by atoms with E-state index in [2.05, 4.69) is 39.9 Å². The normalized spacial score (nSPS) is 12.9. The smallest absolute Gasteiger partial charge is 0.00696 e. The van der Waals surface area contributed by atoms with E-state index in [0.717, 1.165) is 12.0 Å². The summed E-state index contributed by atoms with van der Waals surface area (Å²) < 4.78 is 0. The lowest BCUT2D eigenvalue weighted by Gasteiger charge is -2.30. The highest BCUT2D eigenvalue weighted by Gasteiger charge is 2.20. The molecule has 0 bridgehead atoms. The van der Waals surface area contributed by atoms with Crippen molar-refractivity contribution in [2.45, 2.75) is 188 Å². The number of unbranched alkanes of at least 4 members (excludes halogenated alkanes) is 14. The van der Waals surface area contributed by atoms with E-state index in [4.69, 9.17) is 0 Å². The fraction of sp³-hybridized carbons (Fsp3) is 1.00. The molecule has 0 heterocycles. The zero-order valence-corrected chi connectivity index (χ0v) is 22.8. The van der Waals surface area contributed by atoms with Crippen LogP contribution in [0.4, 0.5) is 0 Å². The van der Waals surface area contributed by atoms with Crippen molar-refractivity contribution in [2.24, 2.45) is 5.92 Å². The Balaban J connectivity index is 4.61. The molecule has 188 valence electrons. The molecule has 1 atom stereocenters. The van der Waals surface area contributed by atoms with Crippen LogP contribution in [-0.2, 0) is 0 Å². The van der Waals surface area contributed by atoms with Gasteiger partial charge in [0.15, 0.2) is 0 Å². The molecule has 0 fully saturated rings. The van der Waals surface area contributed by atoms with Gasteiger partial charge in [-0.2, -0.15) is 0 Å². The van der Waals surface area contributed by atoms with Crippen LogP contribution in [0.1, 0.15) is 176 Å². The average molecular weight is 438 g/mol. The first-order valence-corrected chi connectivity index (χ1v) is 14.9. The monoisotopic (exact) mass is 437 g/mol. The van der Waals surface area contributed by atoms with Crippen LogP contribution in [0.2, 0.25) is 0 Å². The van der Waals surface area contributed by atoms with Gasteiger partial charge in [-0.05, 0) is 38.5 Å². The maximum Gasteiger partial charge on any atom is 0.00696 e. The van der Waals surface area contributed by atoms with Gasteiger partial charge >= 0.3 is 0 Å². The van der Waals surface area contributed by atoms with Crippen LogP contribution in [-0.4, -0.2) is 12.1 Å². The van der Waals surface area contributed by atoms with Crippen molar-refractivity contribution in [3.05, 3.63) is 0 Å². The van der Waals surface area contributed by atoms with E-state index in [-0.39, 0.29) is 0 Å². The standard InChI is InChI=1S/C30H63N/c1-6-10-14-18-22-26-30(27-23-19-15-11-7-2)31-28(5)29(24-20-16-12-8-3)25-21-17-13-9-4/h28-31H,6-27H2,1-5H3/t28-/m1/s1. The third-order valence-electron chi connectivity index (χ3n) is 7.37. The van der Waals surface area contributed by atoms with Crippen LogP contribution in [0.25, 0.3) is 0 Å². The Kier molecular flexibility index (Phi) is 24.6.